The predicted molar refractivity (Wildman–Crippen MR) is 106 cm³/mol. The maximum absolute atomic E-state index is 13.4. The molecule has 0 bridgehead atoms. The fourth-order valence-electron chi connectivity index (χ4n) is 3.43. The van der Waals surface area contributed by atoms with E-state index in [9.17, 15) is 14.3 Å². The smallest absolute Gasteiger partial charge is 0.315 e. The molecule has 3 rings (SSSR count). The molecule has 158 valence electrons. The second-order valence-corrected chi connectivity index (χ2v) is 7.23. The molecule has 1 fully saturated rings. The fourth-order valence-corrected chi connectivity index (χ4v) is 3.43. The van der Waals surface area contributed by atoms with E-state index >= 15 is 0 Å². The van der Waals surface area contributed by atoms with Crippen molar-refractivity contribution in [2.24, 2.45) is 0 Å². The molecule has 1 aromatic carbocycles. The summed E-state index contributed by atoms with van der Waals surface area (Å²) < 4.78 is 21.1. The first-order valence-corrected chi connectivity index (χ1v) is 10.1. The summed E-state index contributed by atoms with van der Waals surface area (Å²) in [4.78, 5) is 11.9. The van der Waals surface area contributed by atoms with E-state index in [2.05, 4.69) is 20.9 Å². The predicted octanol–water partition coefficient (Wildman–Crippen LogP) is 2.09. The van der Waals surface area contributed by atoms with Crippen molar-refractivity contribution in [3.05, 3.63) is 36.3 Å². The van der Waals surface area contributed by atoms with Gasteiger partial charge < -0.3 is 20.5 Å². The lowest BCUT2D eigenvalue weighted by molar-refractivity contribution is -0.0907. The Morgan fingerprint density at radius 1 is 1.41 bits per heavy atom. The van der Waals surface area contributed by atoms with E-state index in [0.717, 1.165) is 19.3 Å². The summed E-state index contributed by atoms with van der Waals surface area (Å²) in [5, 5.41) is 23.5. The van der Waals surface area contributed by atoms with Crippen molar-refractivity contribution < 1.29 is 19.0 Å². The van der Waals surface area contributed by atoms with Gasteiger partial charge >= 0.3 is 6.03 Å². The van der Waals surface area contributed by atoms with Crippen LogP contribution in [0.4, 0.5) is 9.18 Å². The molecule has 1 aliphatic heterocycles. The third-order valence-corrected chi connectivity index (χ3v) is 4.99. The number of nitrogens with zero attached hydrogens (tertiary/aromatic N) is 3. The average molecular weight is 405 g/mol. The zero-order valence-corrected chi connectivity index (χ0v) is 16.6. The number of benzene rings is 1. The second-order valence-electron chi connectivity index (χ2n) is 7.23. The standard InChI is InChI=1S/C20H28FN5O3/c1-2-9-22-20(28)23-17-7-6-16(29-19(17)13-27)8-10-26-12-18(24-25-26)14-4-3-5-15(21)11-14/h3-5,11-12,16-17,19,27H,2,6-10,13H2,1H3,(H2,22,23,28)/t16-,17+,19-/m0/s1. The van der Waals surface area contributed by atoms with Crippen molar-refractivity contribution in [1.82, 2.24) is 25.6 Å². The number of carbonyl (C=O) groups is 1. The Bertz CT molecular complexity index is 800. The number of urea groups is 1. The molecule has 2 heterocycles. The molecule has 1 aromatic heterocycles. The van der Waals surface area contributed by atoms with Gasteiger partial charge in [-0.15, -0.1) is 5.10 Å². The van der Waals surface area contributed by atoms with Crippen LogP contribution in [0, 0.1) is 5.82 Å². The number of hydrogen-bond donors (Lipinski definition) is 3. The lowest BCUT2D eigenvalue weighted by Gasteiger charge is -2.36. The second kappa shape index (κ2) is 10.3. The Hall–Kier alpha value is -2.52. The molecule has 3 N–H and O–H groups in total. The molecule has 2 aromatic rings. The van der Waals surface area contributed by atoms with Gasteiger partial charge in [-0.25, -0.2) is 9.18 Å². The first-order valence-electron chi connectivity index (χ1n) is 10.1. The van der Waals surface area contributed by atoms with Gasteiger partial charge in [-0.1, -0.05) is 24.3 Å². The highest BCUT2D eigenvalue weighted by molar-refractivity contribution is 5.74. The van der Waals surface area contributed by atoms with Crippen molar-refractivity contribution in [1.29, 1.82) is 0 Å². The molecule has 1 aliphatic rings. The number of aromatic nitrogens is 3. The number of halogens is 1. The zero-order chi connectivity index (χ0) is 20.6. The fraction of sp³-hybridized carbons (Fsp3) is 0.550. The van der Waals surface area contributed by atoms with Crippen LogP contribution >= 0.6 is 0 Å². The van der Waals surface area contributed by atoms with Crippen LogP contribution in [0.1, 0.15) is 32.6 Å². The van der Waals surface area contributed by atoms with E-state index in [4.69, 9.17) is 4.74 Å². The van der Waals surface area contributed by atoms with Gasteiger partial charge in [-0.3, -0.25) is 4.68 Å². The zero-order valence-electron chi connectivity index (χ0n) is 16.6. The van der Waals surface area contributed by atoms with Gasteiger partial charge in [-0.05, 0) is 37.8 Å². The van der Waals surface area contributed by atoms with Crippen LogP contribution in [0.2, 0.25) is 0 Å². The van der Waals surface area contributed by atoms with Crippen molar-refractivity contribution in [2.45, 2.75) is 57.4 Å². The lowest BCUT2D eigenvalue weighted by atomic mass is 9.97. The minimum absolute atomic E-state index is 0.0364. The Balaban J connectivity index is 1.49. The van der Waals surface area contributed by atoms with Crippen LogP contribution in [0.5, 0.6) is 0 Å². The highest BCUT2D eigenvalue weighted by Crippen LogP contribution is 2.23. The SMILES string of the molecule is CCCNC(=O)N[C@@H]1CC[C@@H](CCn2cc(-c3cccc(F)c3)nn2)O[C@H]1CO. The van der Waals surface area contributed by atoms with Crippen LogP contribution in [-0.2, 0) is 11.3 Å². The molecule has 8 nitrogen and oxygen atoms in total. The van der Waals surface area contributed by atoms with Gasteiger partial charge in [0, 0.05) is 18.7 Å². The number of aryl methyl sites for hydroxylation is 1. The van der Waals surface area contributed by atoms with Gasteiger partial charge in [0.2, 0.25) is 0 Å². The Kier molecular flexibility index (Phi) is 7.54. The number of ether oxygens (including phenoxy) is 1. The number of nitrogens with one attached hydrogen (secondary N) is 2. The monoisotopic (exact) mass is 405 g/mol. The third-order valence-electron chi connectivity index (χ3n) is 4.99. The van der Waals surface area contributed by atoms with Crippen molar-refractivity contribution in [3.63, 3.8) is 0 Å². The van der Waals surface area contributed by atoms with Crippen LogP contribution < -0.4 is 10.6 Å². The molecule has 9 heteroatoms. The summed E-state index contributed by atoms with van der Waals surface area (Å²) >= 11 is 0. The summed E-state index contributed by atoms with van der Waals surface area (Å²) in [7, 11) is 0. The molecule has 3 atom stereocenters. The third kappa shape index (κ3) is 5.98. The molecule has 0 saturated carbocycles. The van der Waals surface area contributed by atoms with Crippen LogP contribution in [0.15, 0.2) is 30.5 Å². The summed E-state index contributed by atoms with van der Waals surface area (Å²) in [5.41, 5.74) is 1.30. The topological polar surface area (TPSA) is 101 Å². The molecular weight excluding hydrogens is 377 g/mol. The Morgan fingerprint density at radius 3 is 3.03 bits per heavy atom. The van der Waals surface area contributed by atoms with Crippen molar-refractivity contribution in [2.75, 3.05) is 13.2 Å². The summed E-state index contributed by atoms with van der Waals surface area (Å²) in [6.07, 6.45) is 4.40. The van der Waals surface area contributed by atoms with Gasteiger partial charge in [0.15, 0.2) is 0 Å². The van der Waals surface area contributed by atoms with Crippen molar-refractivity contribution >= 4 is 6.03 Å². The molecular formula is C20H28FN5O3. The lowest BCUT2D eigenvalue weighted by Crippen LogP contribution is -2.53. The van der Waals surface area contributed by atoms with E-state index in [1.807, 2.05) is 6.92 Å². The maximum atomic E-state index is 13.4. The van der Waals surface area contributed by atoms with E-state index in [-0.39, 0.29) is 30.6 Å². The number of aliphatic hydroxyl groups excluding tert-OH is 1. The quantitative estimate of drug-likeness (QED) is 0.624. The van der Waals surface area contributed by atoms with Crippen LogP contribution in [0.3, 0.4) is 0 Å². The largest absolute Gasteiger partial charge is 0.394 e. The average Bonchev–Trinajstić information content (AvgIpc) is 3.20. The minimum Gasteiger partial charge on any atom is -0.394 e. The maximum Gasteiger partial charge on any atom is 0.315 e. The highest BCUT2D eigenvalue weighted by Gasteiger charge is 2.31. The van der Waals surface area contributed by atoms with Gasteiger partial charge in [-0.2, -0.15) is 0 Å². The minimum atomic E-state index is -0.431. The number of hydrogen-bond acceptors (Lipinski definition) is 5. The molecule has 29 heavy (non-hydrogen) atoms. The summed E-state index contributed by atoms with van der Waals surface area (Å²) in [6.45, 7) is 3.05. The molecule has 0 radical (unpaired) electrons. The number of rotatable bonds is 8. The highest BCUT2D eigenvalue weighted by atomic mass is 19.1. The molecule has 0 aliphatic carbocycles. The number of carbonyl (C=O) groups excluding carboxylic acids is 1. The molecule has 0 unspecified atom stereocenters. The molecule has 2 amide bonds. The van der Waals surface area contributed by atoms with Gasteiger partial charge in [0.1, 0.15) is 17.6 Å². The Labute approximate surface area is 169 Å². The number of amides is 2. The van der Waals surface area contributed by atoms with E-state index in [1.54, 1.807) is 23.0 Å². The molecule has 1 saturated heterocycles. The molecule has 0 spiro atoms. The van der Waals surface area contributed by atoms with E-state index in [1.165, 1.54) is 12.1 Å². The first kappa shape index (κ1) is 21.2. The number of aliphatic hydroxyl groups is 1. The van der Waals surface area contributed by atoms with Crippen LogP contribution in [-0.4, -0.2) is 57.5 Å². The van der Waals surface area contributed by atoms with Crippen molar-refractivity contribution in [3.8, 4) is 11.3 Å². The van der Waals surface area contributed by atoms with E-state index < -0.39 is 6.10 Å². The normalized spacial score (nSPS) is 21.7. The van der Waals surface area contributed by atoms with E-state index in [0.29, 0.717) is 30.8 Å². The summed E-state index contributed by atoms with van der Waals surface area (Å²) in [5.74, 6) is -0.311. The summed E-state index contributed by atoms with van der Waals surface area (Å²) in [6, 6.07) is 5.80. The van der Waals surface area contributed by atoms with Gasteiger partial charge in [0.25, 0.3) is 0 Å². The van der Waals surface area contributed by atoms with Gasteiger partial charge in [0.05, 0.1) is 24.9 Å². The Morgan fingerprint density at radius 2 is 2.28 bits per heavy atom. The first-order chi connectivity index (χ1) is 14.1. The van der Waals surface area contributed by atoms with Crippen LogP contribution in [0.25, 0.3) is 11.3 Å².